The number of hydrogen-bond donors (Lipinski definition) is 3. The van der Waals surface area contributed by atoms with Crippen molar-refractivity contribution in [2.24, 2.45) is 5.73 Å². The Hall–Kier alpha value is -2.56. The second-order valence-corrected chi connectivity index (χ2v) is 3.53. The number of rotatable bonds is 3. The van der Waals surface area contributed by atoms with E-state index in [0.717, 1.165) is 11.4 Å². The van der Waals surface area contributed by atoms with E-state index in [-0.39, 0.29) is 0 Å². The van der Waals surface area contributed by atoms with Crippen LogP contribution >= 0.6 is 0 Å². The maximum absolute atomic E-state index is 10.9. The highest BCUT2D eigenvalue weighted by Crippen LogP contribution is 2.21. The Balaban J connectivity index is 2.20. The summed E-state index contributed by atoms with van der Waals surface area (Å²) < 4.78 is 0. The summed E-state index contributed by atoms with van der Waals surface area (Å²) in [6.07, 6.45) is 3.22. The summed E-state index contributed by atoms with van der Waals surface area (Å²) in [6, 6.07) is 8.61. The van der Waals surface area contributed by atoms with Crippen LogP contribution in [0.25, 0.3) is 0 Å². The fourth-order valence-corrected chi connectivity index (χ4v) is 1.39. The van der Waals surface area contributed by atoms with E-state index in [1.54, 1.807) is 42.7 Å². The fraction of sp³-hybridized carbons (Fsp3) is 0. The highest BCUT2D eigenvalue weighted by atomic mass is 16.1. The number of aromatic nitrogens is 1. The quantitative estimate of drug-likeness (QED) is 0.742. The number of hydrogen-bond acceptors (Lipinski definition) is 4. The summed E-state index contributed by atoms with van der Waals surface area (Å²) in [5, 5.41) is 3.12. The van der Waals surface area contributed by atoms with Crippen LogP contribution in [0.15, 0.2) is 42.7 Å². The molecule has 86 valence electrons. The van der Waals surface area contributed by atoms with Crippen LogP contribution in [0.5, 0.6) is 0 Å². The van der Waals surface area contributed by atoms with Gasteiger partial charge in [0.2, 0.25) is 5.91 Å². The summed E-state index contributed by atoms with van der Waals surface area (Å²) in [5.41, 5.74) is 13.5. The molecule has 0 unspecified atom stereocenters. The van der Waals surface area contributed by atoms with Crippen molar-refractivity contribution in [3.63, 3.8) is 0 Å². The first-order valence-corrected chi connectivity index (χ1v) is 5.03. The zero-order chi connectivity index (χ0) is 12.3. The molecule has 2 rings (SSSR count). The van der Waals surface area contributed by atoms with E-state index in [2.05, 4.69) is 10.3 Å². The van der Waals surface area contributed by atoms with Crippen molar-refractivity contribution >= 4 is 23.0 Å². The Kier molecular flexibility index (Phi) is 2.91. The number of nitrogens with two attached hydrogens (primary N) is 2. The van der Waals surface area contributed by atoms with Gasteiger partial charge >= 0.3 is 0 Å². The van der Waals surface area contributed by atoms with Gasteiger partial charge in [0.05, 0.1) is 17.6 Å². The molecule has 0 spiro atoms. The zero-order valence-corrected chi connectivity index (χ0v) is 9.05. The Bertz CT molecular complexity index is 536. The van der Waals surface area contributed by atoms with Crippen LogP contribution in [-0.2, 0) is 0 Å². The largest absolute Gasteiger partial charge is 0.396 e. The molecule has 17 heavy (non-hydrogen) atoms. The number of nitrogen functional groups attached to an aromatic ring is 1. The maximum Gasteiger partial charge on any atom is 0.248 e. The lowest BCUT2D eigenvalue weighted by Gasteiger charge is -2.08. The number of nitrogens with one attached hydrogen (secondary N) is 1. The molecule has 0 aliphatic carbocycles. The van der Waals surface area contributed by atoms with Crippen molar-refractivity contribution in [2.45, 2.75) is 0 Å². The summed E-state index contributed by atoms with van der Waals surface area (Å²) in [5.74, 6) is -0.444. The molecule has 5 heteroatoms. The van der Waals surface area contributed by atoms with E-state index in [9.17, 15) is 4.79 Å². The molecular formula is C12H12N4O. The number of pyridine rings is 1. The number of primary amides is 1. The van der Waals surface area contributed by atoms with Crippen molar-refractivity contribution in [3.05, 3.63) is 48.3 Å². The predicted octanol–water partition coefficient (Wildman–Crippen LogP) is 1.51. The van der Waals surface area contributed by atoms with Crippen LogP contribution in [-0.4, -0.2) is 10.9 Å². The SMILES string of the molecule is NC(=O)c1ccc(Nc2ccncc2N)cc1. The molecular weight excluding hydrogens is 216 g/mol. The van der Waals surface area contributed by atoms with Crippen molar-refractivity contribution in [2.75, 3.05) is 11.1 Å². The van der Waals surface area contributed by atoms with Crippen LogP contribution in [0.2, 0.25) is 0 Å². The Labute approximate surface area is 98.5 Å². The second kappa shape index (κ2) is 4.52. The van der Waals surface area contributed by atoms with Gasteiger partial charge in [0.15, 0.2) is 0 Å². The second-order valence-electron chi connectivity index (χ2n) is 3.53. The van der Waals surface area contributed by atoms with E-state index < -0.39 is 5.91 Å². The minimum atomic E-state index is -0.444. The van der Waals surface area contributed by atoms with Crippen molar-refractivity contribution in [1.29, 1.82) is 0 Å². The molecule has 1 heterocycles. The van der Waals surface area contributed by atoms with Gasteiger partial charge in [0, 0.05) is 17.4 Å². The molecule has 0 atom stereocenters. The van der Waals surface area contributed by atoms with Crippen molar-refractivity contribution in [3.8, 4) is 0 Å². The van der Waals surface area contributed by atoms with Crippen molar-refractivity contribution in [1.82, 2.24) is 4.98 Å². The number of benzene rings is 1. The third-order valence-corrected chi connectivity index (χ3v) is 2.30. The molecule has 1 aromatic heterocycles. The minimum absolute atomic E-state index is 0.444. The summed E-state index contributed by atoms with van der Waals surface area (Å²) in [4.78, 5) is 14.8. The van der Waals surface area contributed by atoms with E-state index in [1.165, 1.54) is 0 Å². The average molecular weight is 228 g/mol. The lowest BCUT2D eigenvalue weighted by atomic mass is 10.2. The monoisotopic (exact) mass is 228 g/mol. The molecule has 2 aromatic rings. The summed E-state index contributed by atoms with van der Waals surface area (Å²) >= 11 is 0. The van der Waals surface area contributed by atoms with Gasteiger partial charge in [0.1, 0.15) is 0 Å². The van der Waals surface area contributed by atoms with E-state index in [4.69, 9.17) is 11.5 Å². The molecule has 0 saturated heterocycles. The van der Waals surface area contributed by atoms with Gasteiger partial charge in [-0.15, -0.1) is 0 Å². The van der Waals surface area contributed by atoms with Gasteiger partial charge in [-0.3, -0.25) is 9.78 Å². The fourth-order valence-electron chi connectivity index (χ4n) is 1.39. The van der Waals surface area contributed by atoms with Crippen molar-refractivity contribution < 1.29 is 4.79 Å². The molecule has 1 aromatic carbocycles. The number of carbonyl (C=O) groups is 1. The molecule has 1 amide bonds. The summed E-state index contributed by atoms with van der Waals surface area (Å²) in [6.45, 7) is 0. The Morgan fingerprint density at radius 2 is 1.88 bits per heavy atom. The van der Waals surface area contributed by atoms with Crippen LogP contribution in [0.3, 0.4) is 0 Å². The van der Waals surface area contributed by atoms with Crippen LogP contribution in [0.4, 0.5) is 17.1 Å². The number of anilines is 3. The van der Waals surface area contributed by atoms with Crippen LogP contribution < -0.4 is 16.8 Å². The molecule has 0 fully saturated rings. The zero-order valence-electron chi connectivity index (χ0n) is 9.05. The highest BCUT2D eigenvalue weighted by Gasteiger charge is 2.01. The Morgan fingerprint density at radius 3 is 2.47 bits per heavy atom. The van der Waals surface area contributed by atoms with E-state index in [1.807, 2.05) is 0 Å². The molecule has 0 radical (unpaired) electrons. The molecule has 0 bridgehead atoms. The molecule has 0 aliphatic heterocycles. The standard InChI is InChI=1S/C12H12N4O/c13-10-7-15-6-5-11(10)16-9-3-1-8(2-4-9)12(14)17/h1-7H,13H2,(H2,14,17)(H,15,16). The first-order valence-electron chi connectivity index (χ1n) is 5.03. The Morgan fingerprint density at radius 1 is 1.18 bits per heavy atom. The van der Waals surface area contributed by atoms with Gasteiger partial charge in [0.25, 0.3) is 0 Å². The van der Waals surface area contributed by atoms with Crippen LogP contribution in [0, 0.1) is 0 Å². The van der Waals surface area contributed by atoms with Gasteiger partial charge in [-0.2, -0.15) is 0 Å². The molecule has 5 nitrogen and oxygen atoms in total. The van der Waals surface area contributed by atoms with Gasteiger partial charge < -0.3 is 16.8 Å². The minimum Gasteiger partial charge on any atom is -0.396 e. The van der Waals surface area contributed by atoms with Crippen LogP contribution in [0.1, 0.15) is 10.4 Å². The van der Waals surface area contributed by atoms with E-state index >= 15 is 0 Å². The average Bonchev–Trinajstić information content (AvgIpc) is 2.33. The highest BCUT2D eigenvalue weighted by molar-refractivity contribution is 5.93. The molecule has 0 saturated carbocycles. The van der Waals surface area contributed by atoms with E-state index in [0.29, 0.717) is 11.3 Å². The first-order chi connectivity index (χ1) is 8.16. The maximum atomic E-state index is 10.9. The lowest BCUT2D eigenvalue weighted by molar-refractivity contribution is 0.100. The summed E-state index contributed by atoms with van der Waals surface area (Å²) in [7, 11) is 0. The normalized spacial score (nSPS) is 9.88. The first kappa shape index (κ1) is 10.9. The lowest BCUT2D eigenvalue weighted by Crippen LogP contribution is -2.10. The number of nitrogens with zero attached hydrogens (tertiary/aromatic N) is 1. The third kappa shape index (κ3) is 2.52. The number of amides is 1. The van der Waals surface area contributed by atoms with Gasteiger partial charge in [-0.05, 0) is 30.3 Å². The van der Waals surface area contributed by atoms with Gasteiger partial charge in [-0.25, -0.2) is 0 Å². The third-order valence-electron chi connectivity index (χ3n) is 2.30. The van der Waals surface area contributed by atoms with Gasteiger partial charge in [-0.1, -0.05) is 0 Å². The molecule has 0 aliphatic rings. The topological polar surface area (TPSA) is 94.0 Å². The predicted molar refractivity (Wildman–Crippen MR) is 66.9 cm³/mol. The molecule has 5 N–H and O–H groups in total. The number of carbonyl (C=O) groups excluding carboxylic acids is 1. The smallest absolute Gasteiger partial charge is 0.248 e.